The monoisotopic (exact) mass is 664 g/mol. The van der Waals surface area contributed by atoms with Crippen molar-refractivity contribution >= 4 is 37.5 Å². The zero-order valence-corrected chi connectivity index (χ0v) is 25.6. The van der Waals surface area contributed by atoms with Gasteiger partial charge in [-0.2, -0.15) is 13.2 Å². The normalized spacial score (nSPS) is 15.8. The van der Waals surface area contributed by atoms with E-state index < -0.39 is 62.9 Å². The molecule has 1 amide bonds. The number of nitrogens with one attached hydrogen (secondary N) is 2. The molecule has 0 bridgehead atoms. The van der Waals surface area contributed by atoms with E-state index in [1.165, 1.54) is 32.9 Å². The molecule has 1 aromatic heterocycles. The van der Waals surface area contributed by atoms with Crippen LogP contribution in [0.15, 0.2) is 50.7 Å². The number of benzene rings is 2. The van der Waals surface area contributed by atoms with Crippen LogP contribution in [0.2, 0.25) is 0 Å². The number of nitrogens with zero attached hydrogens (tertiary/aromatic N) is 2. The second-order valence-electron chi connectivity index (χ2n) is 10.4. The van der Waals surface area contributed by atoms with Crippen LogP contribution in [0.5, 0.6) is 5.75 Å². The summed E-state index contributed by atoms with van der Waals surface area (Å²) in [6.07, 6.45) is -7.42. The van der Waals surface area contributed by atoms with E-state index in [4.69, 9.17) is 9.26 Å². The molecule has 1 aliphatic rings. The molecule has 1 atom stereocenters. The summed E-state index contributed by atoms with van der Waals surface area (Å²) in [7, 11) is -8.61. The topological polar surface area (TPSA) is 157 Å². The highest BCUT2D eigenvalue weighted by Gasteiger charge is 2.51. The van der Waals surface area contributed by atoms with Crippen molar-refractivity contribution in [2.24, 2.45) is 0 Å². The highest BCUT2D eigenvalue weighted by molar-refractivity contribution is 7.92. The van der Waals surface area contributed by atoms with Crippen LogP contribution in [-0.4, -0.2) is 59.1 Å². The number of halogens is 4. The van der Waals surface area contributed by atoms with E-state index in [1.54, 1.807) is 0 Å². The maximum absolute atomic E-state index is 14.0. The summed E-state index contributed by atoms with van der Waals surface area (Å²) >= 11 is 0. The lowest BCUT2D eigenvalue weighted by Crippen LogP contribution is -2.48. The van der Waals surface area contributed by atoms with Crippen molar-refractivity contribution in [2.45, 2.75) is 62.3 Å². The van der Waals surface area contributed by atoms with Crippen molar-refractivity contribution in [3.8, 4) is 5.75 Å². The molecule has 0 aliphatic carbocycles. The Labute approximate surface area is 250 Å². The first-order valence-electron chi connectivity index (χ1n) is 12.8. The van der Waals surface area contributed by atoms with Crippen LogP contribution in [0.4, 0.5) is 33.7 Å². The number of aryl methyl sites for hydroxylation is 3. The Kier molecular flexibility index (Phi) is 8.66. The highest BCUT2D eigenvalue weighted by Crippen LogP contribution is 2.40. The lowest BCUT2D eigenvalue weighted by molar-refractivity contribution is -0.242. The van der Waals surface area contributed by atoms with Gasteiger partial charge in [-0.15, -0.1) is 0 Å². The Morgan fingerprint density at radius 3 is 2.36 bits per heavy atom. The third-order valence-corrected chi connectivity index (χ3v) is 10.1. The fraction of sp³-hybridized carbons (Fsp3) is 0.385. The Morgan fingerprint density at radius 1 is 1.09 bits per heavy atom. The number of carbonyl (C=O) groups is 1. The van der Waals surface area contributed by atoms with Crippen LogP contribution in [0, 0.1) is 26.6 Å². The van der Waals surface area contributed by atoms with Crippen LogP contribution in [0.1, 0.15) is 30.9 Å². The van der Waals surface area contributed by atoms with Crippen molar-refractivity contribution in [3.05, 3.63) is 59.2 Å². The van der Waals surface area contributed by atoms with Crippen molar-refractivity contribution in [1.82, 2.24) is 9.88 Å². The van der Waals surface area contributed by atoms with Crippen molar-refractivity contribution in [3.63, 3.8) is 0 Å². The quantitative estimate of drug-likeness (QED) is 0.330. The number of hydrogen-bond donors (Lipinski definition) is 2. The number of carbonyl (C=O) groups excluding carboxylic acids is 1. The summed E-state index contributed by atoms with van der Waals surface area (Å²) in [4.78, 5) is 11.8. The SMILES string of the molecule is Cc1cc(S(=O)(=O)N2C[C@H](CNS(=O)(=O)c3c(C)noc3C)Oc3ccc(NC(=O)OC(C)(C)C(F)(F)F)cc32)ccc1F. The molecule has 4 rings (SSSR count). The molecule has 240 valence electrons. The number of aromatic nitrogens is 1. The van der Waals surface area contributed by atoms with E-state index >= 15 is 0 Å². The highest BCUT2D eigenvalue weighted by atomic mass is 32.2. The summed E-state index contributed by atoms with van der Waals surface area (Å²) in [5.74, 6) is -0.669. The van der Waals surface area contributed by atoms with Gasteiger partial charge in [-0.1, -0.05) is 5.16 Å². The number of rotatable bonds is 8. The number of ether oxygens (including phenoxy) is 2. The average molecular weight is 665 g/mol. The summed E-state index contributed by atoms with van der Waals surface area (Å²) in [6, 6.07) is 6.72. The molecule has 18 heteroatoms. The standard InChI is InChI=1S/C26H28F4N4O8S2/c1-14-10-19(7-8-20(14)27)44(38,39)34-13-18(12-31-43(36,37)23-15(2)33-42-16(23)3)40-22-9-6-17(11-21(22)34)32-24(35)41-25(4,5)26(28,29)30/h6-11,18,31H,12-13H2,1-5H3,(H,32,35)/t18-/m0/s1. The second-order valence-corrected chi connectivity index (χ2v) is 14.0. The number of fused-ring (bicyclic) bond motifs is 1. The van der Waals surface area contributed by atoms with Crippen molar-refractivity contribution < 1.29 is 53.2 Å². The average Bonchev–Trinajstić information content (AvgIpc) is 3.26. The van der Waals surface area contributed by atoms with Crippen LogP contribution < -0.4 is 19.1 Å². The number of sulfonamides is 2. The van der Waals surface area contributed by atoms with Gasteiger partial charge in [-0.3, -0.25) is 9.62 Å². The van der Waals surface area contributed by atoms with Crippen LogP contribution in [-0.2, 0) is 24.8 Å². The zero-order chi connectivity index (χ0) is 32.8. The first kappa shape index (κ1) is 33.0. The van der Waals surface area contributed by atoms with E-state index in [9.17, 15) is 39.2 Å². The molecule has 3 aromatic rings. The van der Waals surface area contributed by atoms with Crippen LogP contribution in [0.25, 0.3) is 0 Å². The summed E-state index contributed by atoms with van der Waals surface area (Å²) < 4.78 is 126. The molecule has 2 N–H and O–H groups in total. The van der Waals surface area contributed by atoms with Gasteiger partial charge in [-0.25, -0.2) is 30.7 Å². The first-order valence-corrected chi connectivity index (χ1v) is 15.7. The predicted molar refractivity (Wildman–Crippen MR) is 148 cm³/mol. The molecule has 2 aromatic carbocycles. The number of alkyl halides is 3. The molecule has 1 aliphatic heterocycles. The second kappa shape index (κ2) is 11.6. The van der Waals surface area contributed by atoms with Gasteiger partial charge in [0.05, 0.1) is 17.1 Å². The van der Waals surface area contributed by atoms with Gasteiger partial charge in [0, 0.05) is 12.2 Å². The van der Waals surface area contributed by atoms with E-state index in [-0.39, 0.29) is 43.9 Å². The molecule has 12 nitrogen and oxygen atoms in total. The van der Waals surface area contributed by atoms with E-state index in [0.717, 1.165) is 28.6 Å². The van der Waals surface area contributed by atoms with Gasteiger partial charge in [0.15, 0.2) is 5.76 Å². The predicted octanol–water partition coefficient (Wildman–Crippen LogP) is 4.56. The van der Waals surface area contributed by atoms with Gasteiger partial charge >= 0.3 is 12.3 Å². The van der Waals surface area contributed by atoms with Gasteiger partial charge < -0.3 is 14.0 Å². The van der Waals surface area contributed by atoms with Gasteiger partial charge in [0.25, 0.3) is 10.0 Å². The number of amides is 1. The third kappa shape index (κ3) is 6.61. The lowest BCUT2D eigenvalue weighted by atomic mass is 10.1. The fourth-order valence-corrected chi connectivity index (χ4v) is 7.17. The molecule has 0 spiro atoms. The molecule has 0 unspecified atom stereocenters. The molecule has 44 heavy (non-hydrogen) atoms. The summed E-state index contributed by atoms with van der Waals surface area (Å²) in [5.41, 5.74) is -2.95. The number of anilines is 2. The fourth-order valence-electron chi connectivity index (χ4n) is 4.19. The Morgan fingerprint density at radius 2 is 1.77 bits per heavy atom. The minimum atomic E-state index is -4.87. The van der Waals surface area contributed by atoms with E-state index in [2.05, 4.69) is 19.9 Å². The lowest BCUT2D eigenvalue weighted by Gasteiger charge is -2.36. The first-order chi connectivity index (χ1) is 20.2. The Hall–Kier alpha value is -3.90. The Bertz CT molecular complexity index is 1790. The number of hydrogen-bond acceptors (Lipinski definition) is 9. The largest absolute Gasteiger partial charge is 0.485 e. The maximum Gasteiger partial charge on any atom is 0.427 e. The minimum Gasteiger partial charge on any atom is -0.485 e. The zero-order valence-electron chi connectivity index (χ0n) is 23.9. The van der Waals surface area contributed by atoms with Crippen LogP contribution >= 0.6 is 0 Å². The summed E-state index contributed by atoms with van der Waals surface area (Å²) in [5, 5.41) is 5.76. The van der Waals surface area contributed by atoms with Crippen molar-refractivity contribution in [1.29, 1.82) is 0 Å². The minimum absolute atomic E-state index is 0.0359. The molecule has 0 saturated carbocycles. The molecular weight excluding hydrogens is 636 g/mol. The molecule has 2 heterocycles. The van der Waals surface area contributed by atoms with E-state index in [0.29, 0.717) is 13.8 Å². The third-order valence-electron chi connectivity index (χ3n) is 6.62. The molecule has 0 fully saturated rings. The van der Waals surface area contributed by atoms with E-state index in [1.807, 2.05) is 0 Å². The van der Waals surface area contributed by atoms with Crippen molar-refractivity contribution in [2.75, 3.05) is 22.7 Å². The smallest absolute Gasteiger partial charge is 0.427 e. The molecular formula is C26H28F4N4O8S2. The van der Waals surface area contributed by atoms with Gasteiger partial charge in [0.2, 0.25) is 15.6 Å². The Balaban J connectivity index is 1.67. The molecule has 0 saturated heterocycles. The van der Waals surface area contributed by atoms with Gasteiger partial charge in [-0.05, 0) is 76.6 Å². The van der Waals surface area contributed by atoms with Crippen LogP contribution in [0.3, 0.4) is 0 Å². The maximum atomic E-state index is 14.0. The molecule has 0 radical (unpaired) electrons. The summed E-state index contributed by atoms with van der Waals surface area (Å²) in [6.45, 7) is 4.67. The van der Waals surface area contributed by atoms with Gasteiger partial charge in [0.1, 0.15) is 28.3 Å².